The van der Waals surface area contributed by atoms with Gasteiger partial charge in [0.1, 0.15) is 5.70 Å². The molecule has 0 unspecified atom stereocenters. The Bertz CT molecular complexity index is 1240. The smallest absolute Gasteiger partial charge is 0.354 e. The van der Waals surface area contributed by atoms with E-state index in [0.29, 0.717) is 5.69 Å². The quantitative estimate of drug-likeness (QED) is 0.200. The molecule has 0 bridgehead atoms. The fourth-order valence-corrected chi connectivity index (χ4v) is 4.46. The maximum atomic E-state index is 12.2. The maximum absolute atomic E-state index is 12.2. The molecule has 36 heavy (non-hydrogen) atoms. The summed E-state index contributed by atoms with van der Waals surface area (Å²) in [5.41, 5.74) is 4.47. The first-order valence-corrected chi connectivity index (χ1v) is 11.5. The number of carbonyl (C=O) groups excluding carboxylic acids is 2. The Morgan fingerprint density at radius 3 is 1.42 bits per heavy atom. The second kappa shape index (κ2) is 11.2. The predicted octanol–water partition coefficient (Wildman–Crippen LogP) is 5.71. The molecule has 0 saturated heterocycles. The van der Waals surface area contributed by atoms with E-state index in [9.17, 15) is 9.59 Å². The summed E-state index contributed by atoms with van der Waals surface area (Å²) in [6, 6.07) is 39.0. The molecular formula is C31H27NO4. The molecule has 0 radical (unpaired) electrons. The van der Waals surface area contributed by atoms with Crippen LogP contribution in [0.1, 0.15) is 22.3 Å². The lowest BCUT2D eigenvalue weighted by molar-refractivity contribution is -0.138. The van der Waals surface area contributed by atoms with Gasteiger partial charge in [0.2, 0.25) is 0 Å². The molecule has 180 valence electrons. The van der Waals surface area contributed by atoms with E-state index in [1.807, 2.05) is 78.9 Å². The normalized spacial score (nSPS) is 11.4. The van der Waals surface area contributed by atoms with Crippen LogP contribution >= 0.6 is 0 Å². The summed E-state index contributed by atoms with van der Waals surface area (Å²) in [6.07, 6.45) is 1.07. The fourth-order valence-electron chi connectivity index (χ4n) is 4.46. The molecule has 0 aliphatic rings. The fraction of sp³-hybridized carbons (Fsp3) is 0.0968. The van der Waals surface area contributed by atoms with E-state index in [4.69, 9.17) is 4.74 Å². The number of rotatable bonds is 8. The zero-order chi connectivity index (χ0) is 25.4. The molecule has 0 fully saturated rings. The summed E-state index contributed by atoms with van der Waals surface area (Å²) in [7, 11) is 2.50. The molecule has 0 amide bonds. The van der Waals surface area contributed by atoms with Crippen molar-refractivity contribution in [2.45, 2.75) is 5.41 Å². The Kier molecular flexibility index (Phi) is 7.61. The summed E-state index contributed by atoms with van der Waals surface area (Å²) >= 11 is 0. The number of esters is 2. The predicted molar refractivity (Wildman–Crippen MR) is 140 cm³/mol. The van der Waals surface area contributed by atoms with Crippen LogP contribution in [0.3, 0.4) is 0 Å². The van der Waals surface area contributed by atoms with Gasteiger partial charge >= 0.3 is 11.9 Å². The number of methoxy groups -OCH3 is 2. The third-order valence-corrected chi connectivity index (χ3v) is 6.09. The van der Waals surface area contributed by atoms with Gasteiger partial charge in [0.05, 0.1) is 25.7 Å². The molecule has 0 aromatic heterocycles. The first-order valence-electron chi connectivity index (χ1n) is 11.5. The van der Waals surface area contributed by atoms with Gasteiger partial charge in [-0.3, -0.25) is 0 Å². The second-order valence-electron chi connectivity index (χ2n) is 8.12. The van der Waals surface area contributed by atoms with Gasteiger partial charge in [-0.25, -0.2) is 9.59 Å². The van der Waals surface area contributed by atoms with E-state index in [2.05, 4.69) is 46.5 Å². The lowest BCUT2D eigenvalue weighted by atomic mass is 9.65. The van der Waals surface area contributed by atoms with Crippen LogP contribution in [0.15, 0.2) is 127 Å². The Labute approximate surface area is 211 Å². The van der Waals surface area contributed by atoms with Crippen molar-refractivity contribution in [3.63, 3.8) is 0 Å². The van der Waals surface area contributed by atoms with Crippen molar-refractivity contribution in [2.75, 3.05) is 19.5 Å². The van der Waals surface area contributed by atoms with Crippen molar-refractivity contribution < 1.29 is 19.1 Å². The summed E-state index contributed by atoms with van der Waals surface area (Å²) < 4.78 is 9.46. The highest BCUT2D eigenvalue weighted by molar-refractivity contribution is 5.98. The zero-order valence-corrected chi connectivity index (χ0v) is 20.2. The number of nitrogens with one attached hydrogen (secondary N) is 1. The van der Waals surface area contributed by atoms with Crippen molar-refractivity contribution in [3.8, 4) is 0 Å². The SMILES string of the molecule is COC(=O)/C=C(/Nc1ccc(C(c2ccccc2)(c2ccccc2)c2ccccc2)cc1)C(=O)OC. The van der Waals surface area contributed by atoms with Crippen LogP contribution in [0.25, 0.3) is 0 Å². The Balaban J connectivity index is 1.86. The molecule has 0 aliphatic heterocycles. The summed E-state index contributed by atoms with van der Waals surface area (Å²) in [5.74, 6) is -1.33. The van der Waals surface area contributed by atoms with Crippen LogP contribution < -0.4 is 5.32 Å². The molecule has 4 aromatic rings. The molecule has 0 saturated carbocycles. The van der Waals surface area contributed by atoms with Crippen molar-refractivity contribution in [2.24, 2.45) is 0 Å². The molecule has 5 nitrogen and oxygen atoms in total. The highest BCUT2D eigenvalue weighted by Gasteiger charge is 2.38. The minimum atomic E-state index is -0.670. The largest absolute Gasteiger partial charge is 0.466 e. The Morgan fingerprint density at radius 1 is 0.611 bits per heavy atom. The molecule has 0 spiro atoms. The van der Waals surface area contributed by atoms with E-state index in [1.165, 1.54) is 14.2 Å². The van der Waals surface area contributed by atoms with Gasteiger partial charge in [0.15, 0.2) is 0 Å². The third kappa shape index (κ3) is 4.91. The highest BCUT2D eigenvalue weighted by atomic mass is 16.5. The molecular weight excluding hydrogens is 450 g/mol. The van der Waals surface area contributed by atoms with Crippen LogP contribution in [-0.4, -0.2) is 26.2 Å². The zero-order valence-electron chi connectivity index (χ0n) is 20.2. The number of anilines is 1. The lowest BCUT2D eigenvalue weighted by Gasteiger charge is -2.37. The van der Waals surface area contributed by atoms with Gasteiger partial charge in [0.25, 0.3) is 0 Å². The second-order valence-corrected chi connectivity index (χ2v) is 8.12. The number of ether oxygens (including phenoxy) is 2. The van der Waals surface area contributed by atoms with Gasteiger partial charge < -0.3 is 14.8 Å². The van der Waals surface area contributed by atoms with Crippen LogP contribution in [0, 0.1) is 0 Å². The van der Waals surface area contributed by atoms with Crippen LogP contribution in [0.4, 0.5) is 5.69 Å². The van der Waals surface area contributed by atoms with E-state index < -0.39 is 17.4 Å². The van der Waals surface area contributed by atoms with Gasteiger partial charge in [-0.05, 0) is 34.4 Å². The summed E-state index contributed by atoms with van der Waals surface area (Å²) in [5, 5.41) is 2.98. The van der Waals surface area contributed by atoms with Crippen molar-refractivity contribution in [3.05, 3.63) is 149 Å². The molecule has 5 heteroatoms. The average molecular weight is 478 g/mol. The highest BCUT2D eigenvalue weighted by Crippen LogP contribution is 2.45. The molecule has 4 aromatic carbocycles. The average Bonchev–Trinajstić information content (AvgIpc) is 2.95. The Morgan fingerprint density at radius 2 is 1.03 bits per heavy atom. The van der Waals surface area contributed by atoms with Crippen molar-refractivity contribution in [1.82, 2.24) is 0 Å². The first kappa shape index (κ1) is 24.5. The molecule has 0 atom stereocenters. The molecule has 0 heterocycles. The minimum Gasteiger partial charge on any atom is -0.466 e. The standard InChI is InChI=1S/C31H27NO4/c1-35-29(33)22-28(30(34)36-2)32-27-20-18-26(19-21-27)31(23-12-6-3-7-13-23,24-14-8-4-9-15-24)25-16-10-5-11-17-25/h3-22,32H,1-2H3/b28-22+. The van der Waals surface area contributed by atoms with Crippen molar-refractivity contribution >= 4 is 17.6 Å². The van der Waals surface area contributed by atoms with Crippen LogP contribution in [-0.2, 0) is 24.5 Å². The summed E-state index contributed by atoms with van der Waals surface area (Å²) in [4.78, 5) is 23.9. The molecule has 4 rings (SSSR count). The maximum Gasteiger partial charge on any atom is 0.354 e. The first-order chi connectivity index (χ1) is 17.6. The van der Waals surface area contributed by atoms with E-state index in [1.54, 1.807) is 0 Å². The number of carbonyl (C=O) groups is 2. The van der Waals surface area contributed by atoms with E-state index >= 15 is 0 Å². The lowest BCUT2D eigenvalue weighted by Crippen LogP contribution is -2.31. The topological polar surface area (TPSA) is 64.6 Å². The minimum absolute atomic E-state index is 0.0162. The number of benzene rings is 4. The van der Waals surface area contributed by atoms with Crippen molar-refractivity contribution in [1.29, 1.82) is 0 Å². The van der Waals surface area contributed by atoms with Gasteiger partial charge in [-0.2, -0.15) is 0 Å². The van der Waals surface area contributed by atoms with Gasteiger partial charge in [-0.15, -0.1) is 0 Å². The van der Waals surface area contributed by atoms with Gasteiger partial charge in [0, 0.05) is 5.69 Å². The molecule has 0 aliphatic carbocycles. The monoisotopic (exact) mass is 477 g/mol. The molecule has 1 N–H and O–H groups in total. The van der Waals surface area contributed by atoms with E-state index in [-0.39, 0.29) is 5.70 Å². The number of hydrogen-bond acceptors (Lipinski definition) is 5. The van der Waals surface area contributed by atoms with Crippen LogP contribution in [0.2, 0.25) is 0 Å². The Hall–Kier alpha value is -4.64. The van der Waals surface area contributed by atoms with Crippen LogP contribution in [0.5, 0.6) is 0 Å². The summed E-state index contributed by atoms with van der Waals surface area (Å²) in [6.45, 7) is 0. The van der Waals surface area contributed by atoms with E-state index in [0.717, 1.165) is 28.3 Å². The third-order valence-electron chi connectivity index (χ3n) is 6.09. The number of hydrogen-bond donors (Lipinski definition) is 1. The van der Waals surface area contributed by atoms with Gasteiger partial charge in [-0.1, -0.05) is 103 Å².